The first-order valence-corrected chi connectivity index (χ1v) is 11.4. The highest BCUT2D eigenvalue weighted by molar-refractivity contribution is 7.99. The number of anilines is 1. The van der Waals surface area contributed by atoms with Gasteiger partial charge in [0.05, 0.1) is 10.8 Å². The van der Waals surface area contributed by atoms with Crippen LogP contribution < -0.4 is 4.90 Å². The molecule has 3 rings (SSSR count). The van der Waals surface area contributed by atoms with Crippen molar-refractivity contribution in [2.75, 3.05) is 50.9 Å². The summed E-state index contributed by atoms with van der Waals surface area (Å²) >= 11 is 1.32. The van der Waals surface area contributed by atoms with E-state index in [4.69, 9.17) is 0 Å². The van der Waals surface area contributed by atoms with Gasteiger partial charge in [-0.3, -0.25) is 4.79 Å². The average molecular weight is 421 g/mol. The summed E-state index contributed by atoms with van der Waals surface area (Å²) in [4.78, 5) is 21.0. The second kappa shape index (κ2) is 8.93. The van der Waals surface area contributed by atoms with E-state index in [1.54, 1.807) is 6.07 Å². The fourth-order valence-corrected chi connectivity index (χ4v) is 4.49. The molecule has 9 heteroatoms. The molecule has 1 saturated heterocycles. The van der Waals surface area contributed by atoms with Crippen LogP contribution in [0.25, 0.3) is 0 Å². The Bertz CT molecular complexity index is 895. The van der Waals surface area contributed by atoms with Crippen molar-refractivity contribution in [1.82, 2.24) is 14.2 Å². The van der Waals surface area contributed by atoms with E-state index in [0.717, 1.165) is 17.4 Å². The van der Waals surface area contributed by atoms with Crippen LogP contribution in [-0.2, 0) is 14.8 Å². The fourth-order valence-electron chi connectivity index (χ4n) is 2.90. The van der Waals surface area contributed by atoms with Gasteiger partial charge >= 0.3 is 0 Å². The number of piperazine rings is 1. The monoisotopic (exact) mass is 420 g/mol. The number of rotatable bonds is 6. The van der Waals surface area contributed by atoms with E-state index < -0.39 is 10.0 Å². The third kappa shape index (κ3) is 4.84. The van der Waals surface area contributed by atoms with E-state index in [0.29, 0.717) is 18.1 Å². The zero-order valence-corrected chi connectivity index (χ0v) is 17.6. The van der Waals surface area contributed by atoms with Gasteiger partial charge in [0.1, 0.15) is 4.90 Å². The van der Waals surface area contributed by atoms with Gasteiger partial charge in [0.25, 0.3) is 0 Å². The Labute approximate surface area is 170 Å². The highest BCUT2D eigenvalue weighted by atomic mass is 32.2. The van der Waals surface area contributed by atoms with Crippen molar-refractivity contribution < 1.29 is 13.2 Å². The van der Waals surface area contributed by atoms with Crippen molar-refractivity contribution in [2.24, 2.45) is 0 Å². The summed E-state index contributed by atoms with van der Waals surface area (Å²) in [5.74, 6) is 0.363. The maximum atomic E-state index is 12.5. The molecule has 0 saturated carbocycles. The summed E-state index contributed by atoms with van der Waals surface area (Å²) in [5, 5.41) is 0.633. The van der Waals surface area contributed by atoms with Gasteiger partial charge in [-0.25, -0.2) is 17.7 Å². The normalized spacial score (nSPS) is 15.1. The number of sulfonamides is 1. The summed E-state index contributed by atoms with van der Waals surface area (Å²) < 4.78 is 25.3. The summed E-state index contributed by atoms with van der Waals surface area (Å²) in [6, 6.07) is 13.4. The Balaban J connectivity index is 1.50. The van der Waals surface area contributed by atoms with E-state index in [2.05, 4.69) is 22.0 Å². The molecular weight excluding hydrogens is 396 g/mol. The van der Waals surface area contributed by atoms with Gasteiger partial charge in [0.2, 0.25) is 15.9 Å². The molecule has 0 aliphatic carbocycles. The number of pyridine rings is 1. The number of nitrogens with zero attached hydrogens (tertiary/aromatic N) is 4. The largest absolute Gasteiger partial charge is 0.368 e. The summed E-state index contributed by atoms with van der Waals surface area (Å²) in [6.45, 7) is 3.02. The third-order valence-electron chi connectivity index (χ3n) is 4.59. The van der Waals surface area contributed by atoms with Crippen molar-refractivity contribution in [3.63, 3.8) is 0 Å². The van der Waals surface area contributed by atoms with Crippen LogP contribution in [-0.4, -0.2) is 74.5 Å². The summed E-state index contributed by atoms with van der Waals surface area (Å²) in [7, 11) is -0.528. The number of benzene rings is 1. The van der Waals surface area contributed by atoms with Gasteiger partial charge in [-0.15, -0.1) is 0 Å². The smallest absolute Gasteiger partial charge is 0.244 e. The van der Waals surface area contributed by atoms with E-state index >= 15 is 0 Å². The van der Waals surface area contributed by atoms with Crippen LogP contribution in [0, 0.1) is 0 Å². The number of amides is 1. The van der Waals surface area contributed by atoms with Crippen LogP contribution in [0.15, 0.2) is 58.6 Å². The molecule has 0 bridgehead atoms. The number of para-hydroxylation sites is 1. The van der Waals surface area contributed by atoms with Crippen LogP contribution in [0.5, 0.6) is 0 Å². The van der Waals surface area contributed by atoms with Crippen molar-refractivity contribution in [3.8, 4) is 0 Å². The van der Waals surface area contributed by atoms with E-state index in [1.165, 1.54) is 43.8 Å². The molecule has 150 valence electrons. The van der Waals surface area contributed by atoms with Crippen molar-refractivity contribution in [3.05, 3.63) is 48.7 Å². The number of carbonyl (C=O) groups is 1. The van der Waals surface area contributed by atoms with E-state index in [9.17, 15) is 13.2 Å². The van der Waals surface area contributed by atoms with Gasteiger partial charge in [-0.05, 0) is 24.3 Å². The fraction of sp³-hybridized carbons (Fsp3) is 0.368. The van der Waals surface area contributed by atoms with E-state index in [1.807, 2.05) is 23.1 Å². The molecule has 0 spiro atoms. The van der Waals surface area contributed by atoms with Crippen molar-refractivity contribution in [1.29, 1.82) is 0 Å². The van der Waals surface area contributed by atoms with Gasteiger partial charge in [0.15, 0.2) is 0 Å². The van der Waals surface area contributed by atoms with Gasteiger partial charge in [0, 0.05) is 52.2 Å². The highest BCUT2D eigenvalue weighted by Crippen LogP contribution is 2.20. The molecule has 0 atom stereocenters. The Kier molecular flexibility index (Phi) is 6.58. The number of hydrogen-bond acceptors (Lipinski definition) is 6. The predicted molar refractivity (Wildman–Crippen MR) is 111 cm³/mol. The molecule has 0 unspecified atom stereocenters. The quantitative estimate of drug-likeness (QED) is 0.663. The van der Waals surface area contributed by atoms with Gasteiger partial charge < -0.3 is 9.80 Å². The molecule has 7 nitrogen and oxygen atoms in total. The topological polar surface area (TPSA) is 73.8 Å². The first-order valence-electron chi connectivity index (χ1n) is 8.97. The molecular formula is C19H24N4O3S2. The highest BCUT2D eigenvalue weighted by Gasteiger charge is 2.22. The molecule has 2 heterocycles. The lowest BCUT2D eigenvalue weighted by atomic mass is 10.2. The molecule has 0 N–H and O–H groups in total. The van der Waals surface area contributed by atoms with Crippen LogP contribution >= 0.6 is 11.8 Å². The first kappa shape index (κ1) is 20.6. The second-order valence-corrected chi connectivity index (χ2v) is 9.76. The lowest BCUT2D eigenvalue weighted by molar-refractivity contribution is -0.128. The lowest BCUT2D eigenvalue weighted by Crippen LogP contribution is -2.49. The molecule has 1 aromatic heterocycles. The van der Waals surface area contributed by atoms with Crippen LogP contribution in [0.4, 0.5) is 5.69 Å². The maximum Gasteiger partial charge on any atom is 0.244 e. The number of thioether (sulfide) groups is 1. The van der Waals surface area contributed by atoms with Crippen LogP contribution in [0.1, 0.15) is 0 Å². The number of hydrogen-bond donors (Lipinski definition) is 0. The molecule has 1 fully saturated rings. The third-order valence-corrected chi connectivity index (χ3v) is 7.31. The number of carbonyl (C=O) groups excluding carboxylic acids is 1. The van der Waals surface area contributed by atoms with Crippen LogP contribution in [0.3, 0.4) is 0 Å². The van der Waals surface area contributed by atoms with Crippen molar-refractivity contribution >= 4 is 33.4 Å². The molecule has 0 radical (unpaired) electrons. The molecule has 2 aromatic rings. The maximum absolute atomic E-state index is 12.5. The Morgan fingerprint density at radius 3 is 2.32 bits per heavy atom. The standard InChI is InChI=1S/C19H24N4O3S2/c1-21(2)28(25,26)17-8-9-18(20-14-17)27-15-19(24)23-12-10-22(11-13-23)16-6-4-3-5-7-16/h3-9,14H,10-13,15H2,1-2H3. The molecule has 1 aliphatic heterocycles. The minimum absolute atomic E-state index is 0.0736. The SMILES string of the molecule is CN(C)S(=O)(=O)c1ccc(SCC(=O)N2CCN(c3ccccc3)CC2)nc1. The summed E-state index contributed by atoms with van der Waals surface area (Å²) in [6.07, 6.45) is 1.33. The Hall–Kier alpha value is -2.10. The average Bonchev–Trinajstić information content (AvgIpc) is 2.73. The molecule has 1 aromatic carbocycles. The minimum atomic E-state index is -3.49. The second-order valence-electron chi connectivity index (χ2n) is 6.61. The Morgan fingerprint density at radius 2 is 1.75 bits per heavy atom. The Morgan fingerprint density at radius 1 is 1.07 bits per heavy atom. The number of aromatic nitrogens is 1. The molecule has 28 heavy (non-hydrogen) atoms. The molecule has 1 aliphatic rings. The summed E-state index contributed by atoms with van der Waals surface area (Å²) in [5.41, 5.74) is 1.18. The van der Waals surface area contributed by atoms with Gasteiger partial charge in [-0.2, -0.15) is 0 Å². The molecule has 1 amide bonds. The van der Waals surface area contributed by atoms with E-state index in [-0.39, 0.29) is 16.6 Å². The zero-order valence-electron chi connectivity index (χ0n) is 16.0. The zero-order chi connectivity index (χ0) is 20.1. The lowest BCUT2D eigenvalue weighted by Gasteiger charge is -2.36. The predicted octanol–water partition coefficient (Wildman–Crippen LogP) is 1.77. The van der Waals surface area contributed by atoms with Gasteiger partial charge in [-0.1, -0.05) is 30.0 Å². The van der Waals surface area contributed by atoms with Crippen LogP contribution in [0.2, 0.25) is 0 Å². The first-order chi connectivity index (χ1) is 13.4. The van der Waals surface area contributed by atoms with Crippen molar-refractivity contribution in [2.45, 2.75) is 9.92 Å². The minimum Gasteiger partial charge on any atom is -0.368 e.